The molecule has 4 heterocycles. The molecule has 4 atom stereocenters. The van der Waals surface area contributed by atoms with Crippen LogP contribution in [0.2, 0.25) is 0 Å². The summed E-state index contributed by atoms with van der Waals surface area (Å²) in [5.41, 5.74) is 24.7. The van der Waals surface area contributed by atoms with Gasteiger partial charge in [0.2, 0.25) is 23.0 Å². The largest absolute Gasteiger partial charge is 0.338 e. The molecule has 4 unspecified atom stereocenters. The lowest BCUT2D eigenvalue weighted by molar-refractivity contribution is 0.441. The summed E-state index contributed by atoms with van der Waals surface area (Å²) in [5, 5.41) is 12.0. The van der Waals surface area contributed by atoms with E-state index < -0.39 is 0 Å². The van der Waals surface area contributed by atoms with Crippen LogP contribution in [0.3, 0.4) is 0 Å². The Bertz CT molecular complexity index is 798. The number of thioether (sulfide) groups is 1. The molecular weight excluding hydrogens is 424 g/mol. The topological polar surface area (TPSA) is 187 Å². The average molecular weight is 453 g/mol. The third-order valence-corrected chi connectivity index (χ3v) is 6.82. The highest BCUT2D eigenvalue weighted by Gasteiger charge is 2.28. The number of hydrogen-bond donors (Lipinski definition) is 5. The van der Waals surface area contributed by atoms with E-state index in [0.717, 1.165) is 17.2 Å². The summed E-state index contributed by atoms with van der Waals surface area (Å²) in [6.45, 7) is 2.52. The number of rotatable bonds is 5. The molecule has 14 heteroatoms. The maximum Gasteiger partial charge on any atom is 0.235 e. The molecule has 164 valence electrons. The molecule has 0 aliphatic carbocycles. The summed E-state index contributed by atoms with van der Waals surface area (Å²) in [5.74, 6) is 1.44. The third-order valence-electron chi connectivity index (χ3n) is 5.01. The second-order valence-electron chi connectivity index (χ2n) is 7.78. The zero-order valence-corrected chi connectivity index (χ0v) is 18.4. The molecule has 2 aliphatic heterocycles. The number of aromatic nitrogens is 5. The van der Waals surface area contributed by atoms with Crippen molar-refractivity contribution in [2.75, 3.05) is 47.6 Å². The predicted molar refractivity (Wildman–Crippen MR) is 120 cm³/mol. The van der Waals surface area contributed by atoms with Crippen LogP contribution in [0.4, 0.5) is 23.0 Å². The van der Waals surface area contributed by atoms with Crippen LogP contribution in [0.25, 0.3) is 0 Å². The Morgan fingerprint density at radius 1 is 0.833 bits per heavy atom. The molecule has 0 spiro atoms. The number of piperidine rings is 2. The van der Waals surface area contributed by atoms with Gasteiger partial charge >= 0.3 is 0 Å². The molecule has 30 heavy (non-hydrogen) atoms. The van der Waals surface area contributed by atoms with Crippen molar-refractivity contribution in [1.82, 2.24) is 25.1 Å². The quantitative estimate of drug-likeness (QED) is 0.345. The van der Waals surface area contributed by atoms with Gasteiger partial charge in [-0.2, -0.15) is 15.0 Å². The lowest BCUT2D eigenvalue weighted by Gasteiger charge is -2.36. The summed E-state index contributed by atoms with van der Waals surface area (Å²) in [6, 6.07) is -0.131. The van der Waals surface area contributed by atoms with E-state index in [0.29, 0.717) is 49.2 Å². The van der Waals surface area contributed by atoms with Gasteiger partial charge in [0.25, 0.3) is 0 Å². The van der Waals surface area contributed by atoms with Gasteiger partial charge in [0.15, 0.2) is 4.34 Å². The van der Waals surface area contributed by atoms with Crippen molar-refractivity contribution >= 4 is 46.1 Å². The number of nitrogens with one attached hydrogen (secondary N) is 1. The number of nitrogens with zero attached hydrogens (tertiary/aromatic N) is 7. The Balaban J connectivity index is 1.66. The molecule has 0 amide bonds. The number of nitrogens with two attached hydrogens (primary N) is 4. The van der Waals surface area contributed by atoms with Gasteiger partial charge in [-0.3, -0.25) is 5.32 Å². The van der Waals surface area contributed by atoms with E-state index in [1.807, 2.05) is 16.1 Å². The normalized spacial score (nSPS) is 27.4. The fraction of sp³-hybridized carbons (Fsp3) is 0.688. The highest BCUT2D eigenvalue weighted by molar-refractivity contribution is 8.00. The molecule has 2 fully saturated rings. The van der Waals surface area contributed by atoms with E-state index in [1.54, 1.807) is 0 Å². The molecule has 0 aromatic carbocycles. The van der Waals surface area contributed by atoms with Crippen LogP contribution in [-0.4, -0.2) is 81.8 Å². The van der Waals surface area contributed by atoms with Crippen molar-refractivity contribution in [2.45, 2.75) is 41.3 Å². The summed E-state index contributed by atoms with van der Waals surface area (Å²) in [6.07, 6.45) is 3.50. The van der Waals surface area contributed by atoms with Crippen LogP contribution in [0, 0.1) is 0 Å². The maximum absolute atomic E-state index is 6.18. The summed E-state index contributed by atoms with van der Waals surface area (Å²) in [4.78, 5) is 18.0. The van der Waals surface area contributed by atoms with Gasteiger partial charge in [-0.1, -0.05) is 23.1 Å². The number of anilines is 4. The monoisotopic (exact) mass is 452 g/mol. The first-order valence-electron chi connectivity index (χ1n) is 9.82. The van der Waals surface area contributed by atoms with Crippen molar-refractivity contribution < 1.29 is 0 Å². The summed E-state index contributed by atoms with van der Waals surface area (Å²) < 4.78 is 0.855. The molecule has 12 nitrogen and oxygen atoms in total. The van der Waals surface area contributed by atoms with Gasteiger partial charge in [-0.05, 0) is 19.1 Å². The van der Waals surface area contributed by atoms with Crippen molar-refractivity contribution in [3.05, 3.63) is 0 Å². The van der Waals surface area contributed by atoms with Gasteiger partial charge in [-0.25, -0.2) is 0 Å². The first-order valence-corrected chi connectivity index (χ1v) is 11.9. The molecule has 0 saturated carbocycles. The van der Waals surface area contributed by atoms with E-state index in [4.69, 9.17) is 27.9 Å². The van der Waals surface area contributed by atoms with Crippen LogP contribution >= 0.6 is 23.1 Å². The van der Waals surface area contributed by atoms with Crippen molar-refractivity contribution in [3.63, 3.8) is 0 Å². The molecule has 2 saturated heterocycles. The van der Waals surface area contributed by atoms with Crippen LogP contribution in [0.5, 0.6) is 0 Å². The summed E-state index contributed by atoms with van der Waals surface area (Å²) >= 11 is 2.97. The van der Waals surface area contributed by atoms with Gasteiger partial charge in [0.05, 0.1) is 0 Å². The molecule has 4 rings (SSSR count). The van der Waals surface area contributed by atoms with Crippen molar-refractivity contribution in [1.29, 1.82) is 0 Å². The van der Waals surface area contributed by atoms with Crippen molar-refractivity contribution in [2.24, 2.45) is 22.9 Å². The van der Waals surface area contributed by atoms with Crippen LogP contribution in [-0.2, 0) is 0 Å². The molecular formula is C16H28N12S2. The molecule has 0 bridgehead atoms. The highest BCUT2D eigenvalue weighted by Crippen LogP contribution is 2.27. The Kier molecular flexibility index (Phi) is 6.50. The van der Waals surface area contributed by atoms with Crippen LogP contribution in [0.15, 0.2) is 4.34 Å². The molecule has 0 radical (unpaired) electrons. The lowest BCUT2D eigenvalue weighted by atomic mass is 10.0. The fourth-order valence-electron chi connectivity index (χ4n) is 3.81. The summed E-state index contributed by atoms with van der Waals surface area (Å²) in [7, 11) is 0. The molecule has 9 N–H and O–H groups in total. The van der Waals surface area contributed by atoms with Gasteiger partial charge in [0, 0.05) is 50.3 Å². The van der Waals surface area contributed by atoms with Gasteiger partial charge in [0.1, 0.15) is 0 Å². The van der Waals surface area contributed by atoms with E-state index >= 15 is 0 Å². The van der Waals surface area contributed by atoms with Gasteiger partial charge < -0.3 is 32.7 Å². The average Bonchev–Trinajstić information content (AvgIpc) is 3.14. The SMILES string of the molecule is CSc1nnc(Nc2nc(N3CC(N)CC(N)C3)nc(N3CC(N)CC(N)C3)n2)s1. The Morgan fingerprint density at radius 2 is 1.33 bits per heavy atom. The van der Waals surface area contributed by atoms with Gasteiger partial charge in [-0.15, -0.1) is 10.2 Å². The zero-order valence-electron chi connectivity index (χ0n) is 16.8. The second kappa shape index (κ2) is 9.11. The predicted octanol–water partition coefficient (Wildman–Crippen LogP) is -1.08. The van der Waals surface area contributed by atoms with E-state index in [9.17, 15) is 0 Å². The Hall–Kier alpha value is -1.84. The van der Waals surface area contributed by atoms with E-state index in [1.165, 1.54) is 23.1 Å². The Morgan fingerprint density at radius 3 is 1.77 bits per heavy atom. The molecule has 2 aromatic rings. The second-order valence-corrected chi connectivity index (χ2v) is 9.81. The zero-order chi connectivity index (χ0) is 21.3. The van der Waals surface area contributed by atoms with E-state index in [2.05, 4.69) is 25.5 Å². The minimum Gasteiger partial charge on any atom is -0.338 e. The first kappa shape index (κ1) is 21.4. The van der Waals surface area contributed by atoms with E-state index in [-0.39, 0.29) is 24.2 Å². The third kappa shape index (κ3) is 5.07. The maximum atomic E-state index is 6.18. The minimum absolute atomic E-state index is 0.0329. The molecule has 2 aliphatic rings. The van der Waals surface area contributed by atoms with Crippen molar-refractivity contribution in [3.8, 4) is 0 Å². The Labute approximate surface area is 183 Å². The minimum atomic E-state index is -0.0329. The smallest absolute Gasteiger partial charge is 0.235 e. The fourth-order valence-corrected chi connectivity index (χ4v) is 4.98. The van der Waals surface area contributed by atoms with Crippen LogP contribution < -0.4 is 38.1 Å². The lowest BCUT2D eigenvalue weighted by Crippen LogP contribution is -2.54. The number of hydrogen-bond acceptors (Lipinski definition) is 14. The highest BCUT2D eigenvalue weighted by atomic mass is 32.2. The van der Waals surface area contributed by atoms with Crippen LogP contribution in [0.1, 0.15) is 12.8 Å². The molecule has 2 aromatic heterocycles. The standard InChI is InChI=1S/C16H28N12S2/c1-29-16-26-25-15(30-16)23-12-21-13(27-4-8(17)2-9(18)5-27)24-14(22-12)28-6-10(19)3-11(20)7-28/h8-11H,2-7,17-20H2,1H3,(H,21,22,23,24,25). The first-order chi connectivity index (χ1) is 14.4.